The first-order valence-electron chi connectivity index (χ1n) is 7.92. The molecule has 140 valence electrons. The van der Waals surface area contributed by atoms with Gasteiger partial charge in [-0.25, -0.2) is 4.79 Å². The Labute approximate surface area is 141 Å². The number of carbonyl (C=O) groups is 4. The first-order valence-corrected chi connectivity index (χ1v) is 7.92. The lowest BCUT2D eigenvalue weighted by Gasteiger charge is -2.30. The van der Waals surface area contributed by atoms with Crippen LogP contribution in [-0.4, -0.2) is 65.0 Å². The van der Waals surface area contributed by atoms with Gasteiger partial charge in [-0.3, -0.25) is 24.6 Å². The highest BCUT2D eigenvalue weighted by atomic mass is 19.4. The Morgan fingerprint density at radius 2 is 2.00 bits per heavy atom. The van der Waals surface area contributed by atoms with Crippen LogP contribution in [0.1, 0.15) is 32.6 Å². The van der Waals surface area contributed by atoms with E-state index in [9.17, 15) is 32.3 Å². The molecule has 2 saturated heterocycles. The smallest absolute Gasteiger partial charge is 0.333 e. The normalized spacial score (nSPS) is 24.1. The van der Waals surface area contributed by atoms with Gasteiger partial charge in [0.1, 0.15) is 0 Å². The van der Waals surface area contributed by atoms with E-state index in [-0.39, 0.29) is 25.4 Å². The third-order valence-electron chi connectivity index (χ3n) is 4.10. The Morgan fingerprint density at radius 3 is 2.52 bits per heavy atom. The lowest BCUT2D eigenvalue weighted by atomic mass is 10.1. The summed E-state index contributed by atoms with van der Waals surface area (Å²) in [5.74, 6) is -3.08. The molecule has 0 aromatic rings. The number of likely N-dealkylation sites (tertiary alicyclic amines) is 1. The Balaban J connectivity index is 2.18. The van der Waals surface area contributed by atoms with Crippen LogP contribution in [0.4, 0.5) is 18.0 Å². The predicted octanol–water partition coefficient (Wildman–Crippen LogP) is 0.335. The Bertz CT molecular complexity index is 595. The minimum Gasteiger partial charge on any atom is -0.333 e. The number of hydrogen-bond acceptors (Lipinski definition) is 4. The van der Waals surface area contributed by atoms with E-state index in [2.05, 4.69) is 0 Å². The van der Waals surface area contributed by atoms with Gasteiger partial charge in [0.15, 0.2) is 0 Å². The van der Waals surface area contributed by atoms with Crippen molar-refractivity contribution >= 4 is 23.8 Å². The number of rotatable bonds is 6. The van der Waals surface area contributed by atoms with Crippen LogP contribution >= 0.6 is 0 Å². The second-order valence-corrected chi connectivity index (χ2v) is 5.96. The van der Waals surface area contributed by atoms with E-state index in [0.29, 0.717) is 24.2 Å². The summed E-state index contributed by atoms with van der Waals surface area (Å²) in [5, 5.41) is 3.15. The number of nitrogens with one attached hydrogen (secondary N) is 2. The molecule has 0 bridgehead atoms. The van der Waals surface area contributed by atoms with Crippen LogP contribution < -0.4 is 10.6 Å². The molecule has 11 heteroatoms. The molecule has 2 aliphatic heterocycles. The fourth-order valence-corrected chi connectivity index (χ4v) is 2.74. The molecule has 0 unspecified atom stereocenters. The van der Waals surface area contributed by atoms with Gasteiger partial charge < -0.3 is 10.2 Å². The second kappa shape index (κ2) is 6.89. The number of nitrogens with zero attached hydrogens (tertiary/aromatic N) is 2. The highest BCUT2D eigenvalue weighted by Gasteiger charge is 2.68. The molecule has 8 nitrogen and oxygen atoms in total. The monoisotopic (exact) mass is 364 g/mol. The molecule has 0 aromatic carbocycles. The van der Waals surface area contributed by atoms with Gasteiger partial charge in [0.05, 0.1) is 6.54 Å². The van der Waals surface area contributed by atoms with Crippen LogP contribution in [0.3, 0.4) is 0 Å². The number of amides is 5. The Hall–Kier alpha value is -2.33. The molecule has 2 N–H and O–H groups in total. The summed E-state index contributed by atoms with van der Waals surface area (Å²) in [5.41, 5.74) is -3.50. The summed E-state index contributed by atoms with van der Waals surface area (Å²) >= 11 is 0. The van der Waals surface area contributed by atoms with Crippen LogP contribution in [-0.2, 0) is 14.4 Å². The van der Waals surface area contributed by atoms with E-state index in [1.807, 2.05) is 0 Å². The molecular weight excluding hydrogens is 345 g/mol. The summed E-state index contributed by atoms with van der Waals surface area (Å²) in [4.78, 5) is 49.1. The molecule has 0 spiro atoms. The van der Waals surface area contributed by atoms with Crippen LogP contribution in [0.2, 0.25) is 0 Å². The maximum atomic E-state index is 13.5. The number of halogens is 3. The van der Waals surface area contributed by atoms with Crippen molar-refractivity contribution in [2.75, 3.05) is 19.6 Å². The minimum absolute atomic E-state index is 0.181. The van der Waals surface area contributed by atoms with Crippen molar-refractivity contribution in [3.05, 3.63) is 0 Å². The van der Waals surface area contributed by atoms with Crippen molar-refractivity contribution in [1.82, 2.24) is 20.4 Å². The van der Waals surface area contributed by atoms with Crippen molar-refractivity contribution in [3.63, 3.8) is 0 Å². The van der Waals surface area contributed by atoms with Crippen LogP contribution in [0, 0.1) is 0 Å². The summed E-state index contributed by atoms with van der Waals surface area (Å²) < 4.78 is 40.6. The van der Waals surface area contributed by atoms with E-state index in [0.717, 1.165) is 4.90 Å². The maximum Gasteiger partial charge on any atom is 0.440 e. The van der Waals surface area contributed by atoms with Gasteiger partial charge >= 0.3 is 12.2 Å². The number of unbranched alkanes of at least 4 members (excludes halogenated alkanes) is 1. The number of hydrogen-bond donors (Lipinski definition) is 2. The molecule has 0 aromatic heterocycles. The summed E-state index contributed by atoms with van der Waals surface area (Å²) in [6.45, 7) is 1.23. The lowest BCUT2D eigenvalue weighted by molar-refractivity contribution is -0.204. The molecule has 2 heterocycles. The zero-order valence-corrected chi connectivity index (χ0v) is 13.6. The van der Waals surface area contributed by atoms with Crippen molar-refractivity contribution in [3.8, 4) is 0 Å². The van der Waals surface area contributed by atoms with E-state index in [1.165, 1.54) is 0 Å². The fraction of sp³-hybridized carbons (Fsp3) is 0.714. The van der Waals surface area contributed by atoms with Gasteiger partial charge in [0.2, 0.25) is 11.8 Å². The van der Waals surface area contributed by atoms with E-state index in [4.69, 9.17) is 0 Å². The maximum absolute atomic E-state index is 13.5. The highest BCUT2D eigenvalue weighted by Crippen LogP contribution is 2.33. The molecule has 2 fully saturated rings. The second-order valence-electron chi connectivity index (χ2n) is 5.96. The molecular formula is C14H19F3N4O4. The third kappa shape index (κ3) is 3.54. The first-order chi connectivity index (χ1) is 11.6. The fourth-order valence-electron chi connectivity index (χ4n) is 2.74. The predicted molar refractivity (Wildman–Crippen MR) is 77.9 cm³/mol. The van der Waals surface area contributed by atoms with Crippen molar-refractivity contribution in [2.45, 2.75) is 44.4 Å². The highest BCUT2D eigenvalue weighted by molar-refractivity contribution is 6.09. The molecule has 1 atom stereocenters. The molecule has 0 radical (unpaired) electrons. The summed E-state index contributed by atoms with van der Waals surface area (Å²) in [6, 6.07) is -1.21. The minimum atomic E-state index is -5.23. The SMILES string of the molecule is CCCCN1C(=O)N[C@](NC(=O)CN2CCCC2=O)(C(F)(F)F)C1=O. The molecule has 0 aliphatic carbocycles. The number of imide groups is 1. The quantitative estimate of drug-likeness (QED) is 0.664. The van der Waals surface area contributed by atoms with Gasteiger partial charge in [-0.15, -0.1) is 0 Å². The lowest BCUT2D eigenvalue weighted by Crippen LogP contribution is -2.70. The largest absolute Gasteiger partial charge is 0.440 e. The Kier molecular flexibility index (Phi) is 5.23. The number of urea groups is 1. The molecule has 5 amide bonds. The zero-order valence-electron chi connectivity index (χ0n) is 13.6. The topological polar surface area (TPSA) is 98.8 Å². The van der Waals surface area contributed by atoms with Crippen LogP contribution in [0.25, 0.3) is 0 Å². The molecule has 2 aliphatic rings. The van der Waals surface area contributed by atoms with Gasteiger partial charge in [-0.05, 0) is 12.8 Å². The van der Waals surface area contributed by atoms with E-state index >= 15 is 0 Å². The van der Waals surface area contributed by atoms with Gasteiger partial charge in [-0.1, -0.05) is 13.3 Å². The van der Waals surface area contributed by atoms with Crippen molar-refractivity contribution in [1.29, 1.82) is 0 Å². The first kappa shape index (κ1) is 19.0. The third-order valence-corrected chi connectivity index (χ3v) is 4.10. The average Bonchev–Trinajstić information content (AvgIpc) is 3.00. The number of alkyl halides is 3. The van der Waals surface area contributed by atoms with Crippen LogP contribution in [0.15, 0.2) is 0 Å². The van der Waals surface area contributed by atoms with Gasteiger partial charge in [0, 0.05) is 19.5 Å². The Morgan fingerprint density at radius 1 is 1.32 bits per heavy atom. The van der Waals surface area contributed by atoms with E-state index < -0.39 is 36.2 Å². The summed E-state index contributed by atoms with van der Waals surface area (Å²) in [7, 11) is 0. The molecule has 25 heavy (non-hydrogen) atoms. The standard InChI is InChI=1S/C14H19F3N4O4/c1-2-3-7-21-11(24)13(14(15,16)17,19-12(21)25)18-9(22)8-20-6-4-5-10(20)23/h2-8H2,1H3,(H,18,22)(H,19,25)/t13-/m0/s1. The molecule has 2 rings (SSSR count). The number of carbonyl (C=O) groups excluding carboxylic acids is 4. The summed E-state index contributed by atoms with van der Waals surface area (Å²) in [6.07, 6.45) is -3.59. The zero-order chi connectivity index (χ0) is 18.8. The van der Waals surface area contributed by atoms with Crippen LogP contribution in [0.5, 0.6) is 0 Å². The van der Waals surface area contributed by atoms with Gasteiger partial charge in [0.25, 0.3) is 11.6 Å². The van der Waals surface area contributed by atoms with Crippen molar-refractivity contribution in [2.24, 2.45) is 0 Å². The van der Waals surface area contributed by atoms with Gasteiger partial charge in [-0.2, -0.15) is 13.2 Å². The van der Waals surface area contributed by atoms with E-state index in [1.54, 1.807) is 17.6 Å². The molecule has 0 saturated carbocycles. The average molecular weight is 364 g/mol. The van der Waals surface area contributed by atoms with Crippen molar-refractivity contribution < 1.29 is 32.3 Å².